The Balaban J connectivity index is 1.43. The van der Waals surface area contributed by atoms with Crippen LogP contribution in [0.25, 0.3) is 16.9 Å². The van der Waals surface area contributed by atoms with Crippen LogP contribution in [0.1, 0.15) is 34.6 Å². The van der Waals surface area contributed by atoms with Crippen LogP contribution in [0.5, 0.6) is 0 Å². The highest BCUT2D eigenvalue weighted by atomic mass is 19.1. The van der Waals surface area contributed by atoms with Crippen LogP contribution in [0.2, 0.25) is 0 Å². The van der Waals surface area contributed by atoms with Gasteiger partial charge < -0.3 is 4.90 Å². The molecule has 5 rings (SSSR count). The zero-order valence-electron chi connectivity index (χ0n) is 18.3. The molecular formula is C24H22F2N6O. The van der Waals surface area contributed by atoms with Gasteiger partial charge in [-0.1, -0.05) is 25.1 Å². The highest BCUT2D eigenvalue weighted by Crippen LogP contribution is 2.31. The third kappa shape index (κ3) is 3.79. The van der Waals surface area contributed by atoms with Crippen LogP contribution >= 0.6 is 0 Å². The maximum Gasteiger partial charge on any atom is 0.293 e. The zero-order chi connectivity index (χ0) is 23.1. The standard InChI is InChI=1S/C24H22F2N6O/c1-3-21-27-23(29-32(21)18-7-5-4-6-8-18)24(33)31-10-9-19-20(14-31)28-30(2)22(19)15-11-16(25)13-17(26)12-15/h4-8,11-13H,3,9-10,14H2,1-2H3. The Kier molecular flexibility index (Phi) is 5.24. The van der Waals surface area contributed by atoms with Gasteiger partial charge in [-0.3, -0.25) is 9.48 Å². The van der Waals surface area contributed by atoms with E-state index in [1.54, 1.807) is 21.3 Å². The first kappa shape index (κ1) is 21.0. The smallest absolute Gasteiger partial charge is 0.293 e. The molecule has 33 heavy (non-hydrogen) atoms. The number of amides is 1. The lowest BCUT2D eigenvalue weighted by Crippen LogP contribution is -2.36. The summed E-state index contributed by atoms with van der Waals surface area (Å²) in [6.45, 7) is 2.68. The van der Waals surface area contributed by atoms with Crippen LogP contribution in [0.15, 0.2) is 48.5 Å². The summed E-state index contributed by atoms with van der Waals surface area (Å²) < 4.78 is 30.9. The lowest BCUT2D eigenvalue weighted by Gasteiger charge is -2.25. The fraction of sp³-hybridized carbons (Fsp3) is 0.250. The number of fused-ring (bicyclic) bond motifs is 1. The number of carbonyl (C=O) groups is 1. The first-order valence-electron chi connectivity index (χ1n) is 10.8. The van der Waals surface area contributed by atoms with Crippen molar-refractivity contribution in [3.63, 3.8) is 0 Å². The monoisotopic (exact) mass is 448 g/mol. The van der Waals surface area contributed by atoms with Gasteiger partial charge in [-0.2, -0.15) is 5.10 Å². The maximum atomic E-state index is 13.8. The summed E-state index contributed by atoms with van der Waals surface area (Å²) in [7, 11) is 1.74. The Morgan fingerprint density at radius 2 is 1.79 bits per heavy atom. The molecule has 0 bridgehead atoms. The lowest BCUT2D eigenvalue weighted by atomic mass is 9.99. The van der Waals surface area contributed by atoms with Gasteiger partial charge in [0.05, 0.1) is 23.6 Å². The average molecular weight is 448 g/mol. The van der Waals surface area contributed by atoms with Crippen molar-refractivity contribution in [2.45, 2.75) is 26.3 Å². The van der Waals surface area contributed by atoms with Gasteiger partial charge in [-0.15, -0.1) is 5.10 Å². The Bertz CT molecular complexity index is 1320. The summed E-state index contributed by atoms with van der Waals surface area (Å²) in [5.74, 6) is -0.703. The largest absolute Gasteiger partial charge is 0.330 e. The van der Waals surface area contributed by atoms with Gasteiger partial charge in [-0.25, -0.2) is 18.4 Å². The summed E-state index contributed by atoms with van der Waals surface area (Å²) in [5.41, 5.74) is 3.53. The zero-order valence-corrected chi connectivity index (χ0v) is 18.3. The van der Waals surface area contributed by atoms with Crippen molar-refractivity contribution in [2.75, 3.05) is 6.54 Å². The number of aromatic nitrogens is 5. The van der Waals surface area contributed by atoms with Crippen molar-refractivity contribution >= 4 is 5.91 Å². The molecule has 168 valence electrons. The lowest BCUT2D eigenvalue weighted by molar-refractivity contribution is 0.0720. The molecule has 0 fully saturated rings. The van der Waals surface area contributed by atoms with Gasteiger partial charge in [0.2, 0.25) is 5.82 Å². The summed E-state index contributed by atoms with van der Waals surface area (Å²) in [4.78, 5) is 19.4. The minimum atomic E-state index is -0.639. The van der Waals surface area contributed by atoms with Crippen molar-refractivity contribution < 1.29 is 13.6 Å². The molecule has 2 aromatic heterocycles. The highest BCUT2D eigenvalue weighted by Gasteiger charge is 2.30. The molecule has 7 nitrogen and oxygen atoms in total. The van der Waals surface area contributed by atoms with Crippen LogP contribution in [0.3, 0.4) is 0 Å². The highest BCUT2D eigenvalue weighted by molar-refractivity contribution is 5.90. The molecule has 0 spiro atoms. The molecule has 0 unspecified atom stereocenters. The predicted octanol–water partition coefficient (Wildman–Crippen LogP) is 3.71. The van der Waals surface area contributed by atoms with E-state index >= 15 is 0 Å². The van der Waals surface area contributed by atoms with Gasteiger partial charge >= 0.3 is 0 Å². The minimum Gasteiger partial charge on any atom is -0.330 e. The molecule has 0 N–H and O–H groups in total. The van der Waals surface area contributed by atoms with E-state index in [1.165, 1.54) is 12.1 Å². The van der Waals surface area contributed by atoms with E-state index < -0.39 is 11.6 Å². The molecule has 2 aromatic carbocycles. The van der Waals surface area contributed by atoms with Crippen molar-refractivity contribution in [3.8, 4) is 16.9 Å². The van der Waals surface area contributed by atoms with Gasteiger partial charge in [0.25, 0.3) is 5.91 Å². The Hall–Kier alpha value is -3.88. The SMILES string of the molecule is CCc1nc(C(=O)N2CCc3c(nn(C)c3-c3cc(F)cc(F)c3)C2)nn1-c1ccccc1. The van der Waals surface area contributed by atoms with Crippen LogP contribution in [0, 0.1) is 11.6 Å². The third-order valence-corrected chi connectivity index (χ3v) is 5.81. The Labute approximate surface area is 189 Å². The second-order valence-electron chi connectivity index (χ2n) is 7.98. The van der Waals surface area contributed by atoms with Crippen LogP contribution in [-0.2, 0) is 26.4 Å². The van der Waals surface area contributed by atoms with E-state index in [1.807, 2.05) is 37.3 Å². The van der Waals surface area contributed by atoms with Crippen molar-refractivity contribution in [3.05, 3.63) is 83.1 Å². The quantitative estimate of drug-likeness (QED) is 0.477. The molecule has 0 radical (unpaired) electrons. The van der Waals surface area contributed by atoms with E-state index in [9.17, 15) is 13.6 Å². The van der Waals surface area contributed by atoms with E-state index in [4.69, 9.17) is 0 Å². The minimum absolute atomic E-state index is 0.141. The van der Waals surface area contributed by atoms with Gasteiger partial charge in [0, 0.05) is 37.2 Å². The molecule has 1 amide bonds. The molecular weight excluding hydrogens is 426 g/mol. The topological polar surface area (TPSA) is 68.8 Å². The van der Waals surface area contributed by atoms with Gasteiger partial charge in [-0.05, 0) is 30.7 Å². The summed E-state index contributed by atoms with van der Waals surface area (Å²) in [6, 6.07) is 13.0. The van der Waals surface area contributed by atoms with Crippen LogP contribution in [0.4, 0.5) is 8.78 Å². The third-order valence-electron chi connectivity index (χ3n) is 5.81. The molecule has 1 aliphatic rings. The number of para-hydroxylation sites is 1. The number of rotatable bonds is 4. The molecule has 3 heterocycles. The fourth-order valence-electron chi connectivity index (χ4n) is 4.33. The second-order valence-corrected chi connectivity index (χ2v) is 7.98. The van der Waals surface area contributed by atoms with Crippen molar-refractivity contribution in [1.82, 2.24) is 29.4 Å². The predicted molar refractivity (Wildman–Crippen MR) is 118 cm³/mol. The number of benzene rings is 2. The number of nitrogens with zero attached hydrogens (tertiary/aromatic N) is 6. The Morgan fingerprint density at radius 3 is 2.48 bits per heavy atom. The molecule has 0 saturated carbocycles. The van der Waals surface area contributed by atoms with E-state index in [0.29, 0.717) is 42.2 Å². The number of halogens is 2. The van der Waals surface area contributed by atoms with Crippen LogP contribution in [-0.4, -0.2) is 41.9 Å². The number of carbonyl (C=O) groups excluding carboxylic acids is 1. The van der Waals surface area contributed by atoms with Crippen LogP contribution < -0.4 is 0 Å². The van der Waals surface area contributed by atoms with E-state index in [-0.39, 0.29) is 18.3 Å². The first-order chi connectivity index (χ1) is 15.9. The molecule has 4 aromatic rings. The second kappa shape index (κ2) is 8.23. The normalized spacial score (nSPS) is 13.3. The summed E-state index contributed by atoms with van der Waals surface area (Å²) >= 11 is 0. The maximum absolute atomic E-state index is 13.8. The van der Waals surface area contributed by atoms with E-state index in [0.717, 1.165) is 17.3 Å². The first-order valence-corrected chi connectivity index (χ1v) is 10.8. The van der Waals surface area contributed by atoms with Gasteiger partial charge in [0.15, 0.2) is 0 Å². The molecule has 0 atom stereocenters. The molecule has 1 aliphatic heterocycles. The van der Waals surface area contributed by atoms with Crippen molar-refractivity contribution in [1.29, 1.82) is 0 Å². The number of aryl methyl sites for hydroxylation is 2. The number of hydrogen-bond donors (Lipinski definition) is 0. The average Bonchev–Trinajstić information content (AvgIpc) is 3.38. The summed E-state index contributed by atoms with van der Waals surface area (Å²) in [5, 5.41) is 9.01. The molecule has 9 heteroatoms. The van der Waals surface area contributed by atoms with Crippen molar-refractivity contribution in [2.24, 2.45) is 7.05 Å². The molecule has 0 saturated heterocycles. The Morgan fingerprint density at radius 1 is 1.06 bits per heavy atom. The molecule has 0 aliphatic carbocycles. The van der Waals surface area contributed by atoms with E-state index in [2.05, 4.69) is 15.2 Å². The number of hydrogen-bond acceptors (Lipinski definition) is 4. The fourth-order valence-corrected chi connectivity index (χ4v) is 4.33. The van der Waals surface area contributed by atoms with Gasteiger partial charge in [0.1, 0.15) is 17.5 Å². The summed E-state index contributed by atoms with van der Waals surface area (Å²) in [6.07, 6.45) is 1.15.